The third kappa shape index (κ3) is 5.19. The van der Waals surface area contributed by atoms with Crippen molar-refractivity contribution in [1.82, 2.24) is 0 Å². The summed E-state index contributed by atoms with van der Waals surface area (Å²) in [6.07, 6.45) is 4.81. The highest BCUT2D eigenvalue weighted by Crippen LogP contribution is 2.29. The normalized spacial score (nSPS) is 18.5. The van der Waals surface area contributed by atoms with Gasteiger partial charge in [-0.2, -0.15) is 0 Å². The molecule has 6 nitrogen and oxygen atoms in total. The first kappa shape index (κ1) is 21.2. The number of nitrogens with zero attached hydrogens (tertiary/aromatic N) is 2. The molecule has 2 aromatic carbocycles. The molecular weight excluding hydrogens is 390 g/mol. The number of amides is 2. The van der Waals surface area contributed by atoms with E-state index in [-0.39, 0.29) is 24.2 Å². The Morgan fingerprint density at radius 1 is 1.03 bits per heavy atom. The monoisotopic (exact) mass is 421 g/mol. The highest BCUT2D eigenvalue weighted by molar-refractivity contribution is 6.03. The zero-order valence-electron chi connectivity index (χ0n) is 18.2. The maximum atomic E-state index is 12.7. The van der Waals surface area contributed by atoms with Crippen molar-refractivity contribution in [3.63, 3.8) is 0 Å². The SMILES string of the molecule is CCCCOc1ccc(NC(=O)C2CC(=O)N(c3ccc(N4CCCC4)cc3)C2)cc1. The molecule has 2 amide bonds. The predicted molar refractivity (Wildman–Crippen MR) is 124 cm³/mol. The Balaban J connectivity index is 1.32. The van der Waals surface area contributed by atoms with Crippen LogP contribution in [0.1, 0.15) is 39.0 Å². The van der Waals surface area contributed by atoms with Crippen LogP contribution in [0.5, 0.6) is 5.75 Å². The minimum absolute atomic E-state index is 0.00579. The van der Waals surface area contributed by atoms with Crippen LogP contribution in [0.4, 0.5) is 17.1 Å². The van der Waals surface area contributed by atoms with Gasteiger partial charge in [-0.1, -0.05) is 13.3 Å². The van der Waals surface area contributed by atoms with Gasteiger partial charge in [0, 0.05) is 43.1 Å². The maximum absolute atomic E-state index is 12.7. The number of unbranched alkanes of at least 4 members (excludes halogenated alkanes) is 1. The van der Waals surface area contributed by atoms with E-state index in [2.05, 4.69) is 29.3 Å². The first-order valence-electron chi connectivity index (χ1n) is 11.3. The Labute approximate surface area is 184 Å². The van der Waals surface area contributed by atoms with E-state index in [0.29, 0.717) is 18.8 Å². The lowest BCUT2D eigenvalue weighted by Gasteiger charge is -2.20. The lowest BCUT2D eigenvalue weighted by molar-refractivity contribution is -0.122. The Kier molecular flexibility index (Phi) is 6.75. The van der Waals surface area contributed by atoms with Gasteiger partial charge in [-0.25, -0.2) is 0 Å². The standard InChI is InChI=1S/C25H31N3O3/c1-2-3-16-31-23-12-6-20(7-13-23)26-25(30)19-17-24(29)28(18-19)22-10-8-21(9-11-22)27-14-4-5-15-27/h6-13,19H,2-5,14-18H2,1H3,(H,26,30). The van der Waals surface area contributed by atoms with Gasteiger partial charge in [-0.15, -0.1) is 0 Å². The number of carbonyl (C=O) groups is 2. The van der Waals surface area contributed by atoms with Crippen LogP contribution >= 0.6 is 0 Å². The number of anilines is 3. The zero-order chi connectivity index (χ0) is 21.6. The Hall–Kier alpha value is -3.02. The van der Waals surface area contributed by atoms with Crippen LogP contribution in [0.15, 0.2) is 48.5 Å². The zero-order valence-corrected chi connectivity index (χ0v) is 18.2. The molecule has 4 rings (SSSR count). The summed E-state index contributed by atoms with van der Waals surface area (Å²) < 4.78 is 5.66. The number of hydrogen-bond acceptors (Lipinski definition) is 4. The summed E-state index contributed by atoms with van der Waals surface area (Å²) in [5, 5.41) is 2.94. The second kappa shape index (κ2) is 9.86. The van der Waals surface area contributed by atoms with E-state index in [1.165, 1.54) is 18.5 Å². The Bertz CT molecular complexity index is 889. The van der Waals surface area contributed by atoms with Crippen molar-refractivity contribution in [2.75, 3.05) is 41.4 Å². The van der Waals surface area contributed by atoms with Gasteiger partial charge >= 0.3 is 0 Å². The van der Waals surface area contributed by atoms with Crippen molar-refractivity contribution in [3.8, 4) is 5.75 Å². The summed E-state index contributed by atoms with van der Waals surface area (Å²) in [6, 6.07) is 15.5. The molecular formula is C25H31N3O3. The topological polar surface area (TPSA) is 61.9 Å². The van der Waals surface area contributed by atoms with E-state index < -0.39 is 0 Å². The Morgan fingerprint density at radius 2 is 1.71 bits per heavy atom. The van der Waals surface area contributed by atoms with Crippen LogP contribution in [0.2, 0.25) is 0 Å². The molecule has 2 fully saturated rings. The molecule has 1 atom stereocenters. The van der Waals surface area contributed by atoms with Crippen LogP contribution < -0.4 is 19.9 Å². The van der Waals surface area contributed by atoms with E-state index >= 15 is 0 Å². The van der Waals surface area contributed by atoms with Gasteiger partial charge in [0.1, 0.15) is 5.75 Å². The average molecular weight is 422 g/mol. The fourth-order valence-electron chi connectivity index (χ4n) is 4.16. The van der Waals surface area contributed by atoms with Crippen molar-refractivity contribution in [2.24, 2.45) is 5.92 Å². The fourth-order valence-corrected chi connectivity index (χ4v) is 4.16. The van der Waals surface area contributed by atoms with Crippen molar-refractivity contribution in [3.05, 3.63) is 48.5 Å². The number of ether oxygens (including phenoxy) is 1. The number of rotatable bonds is 8. The van der Waals surface area contributed by atoms with Crippen molar-refractivity contribution >= 4 is 28.9 Å². The minimum Gasteiger partial charge on any atom is -0.494 e. The maximum Gasteiger partial charge on any atom is 0.229 e. The predicted octanol–water partition coefficient (Wildman–Crippen LogP) is 4.46. The van der Waals surface area contributed by atoms with Gasteiger partial charge in [0.25, 0.3) is 0 Å². The van der Waals surface area contributed by atoms with Crippen LogP contribution in [0, 0.1) is 5.92 Å². The quantitative estimate of drug-likeness (QED) is 0.640. The summed E-state index contributed by atoms with van der Waals surface area (Å²) in [7, 11) is 0. The van der Waals surface area contributed by atoms with Crippen LogP contribution in [-0.4, -0.2) is 38.1 Å². The second-order valence-electron chi connectivity index (χ2n) is 8.33. The third-order valence-corrected chi connectivity index (χ3v) is 6.02. The van der Waals surface area contributed by atoms with E-state index in [9.17, 15) is 9.59 Å². The number of hydrogen-bond donors (Lipinski definition) is 1. The summed E-state index contributed by atoms with van der Waals surface area (Å²) in [5.41, 5.74) is 2.77. The van der Waals surface area contributed by atoms with E-state index in [1.54, 1.807) is 4.90 Å². The van der Waals surface area contributed by atoms with Crippen molar-refractivity contribution in [1.29, 1.82) is 0 Å². The van der Waals surface area contributed by atoms with Gasteiger partial charge in [0.2, 0.25) is 11.8 Å². The molecule has 2 aliphatic rings. The van der Waals surface area contributed by atoms with Crippen LogP contribution in [0.3, 0.4) is 0 Å². The first-order chi connectivity index (χ1) is 15.1. The van der Waals surface area contributed by atoms with E-state index in [4.69, 9.17) is 4.74 Å². The lowest BCUT2D eigenvalue weighted by Crippen LogP contribution is -2.28. The van der Waals surface area contributed by atoms with Gasteiger partial charge in [0.15, 0.2) is 0 Å². The Morgan fingerprint density at radius 3 is 2.39 bits per heavy atom. The van der Waals surface area contributed by atoms with Crippen LogP contribution in [-0.2, 0) is 9.59 Å². The summed E-state index contributed by atoms with van der Waals surface area (Å²) >= 11 is 0. The van der Waals surface area contributed by atoms with E-state index in [1.807, 2.05) is 36.4 Å². The average Bonchev–Trinajstić information content (AvgIpc) is 3.45. The molecule has 1 N–H and O–H groups in total. The molecule has 0 bridgehead atoms. The highest BCUT2D eigenvalue weighted by Gasteiger charge is 2.35. The molecule has 2 aromatic rings. The molecule has 2 aliphatic heterocycles. The van der Waals surface area contributed by atoms with Gasteiger partial charge < -0.3 is 19.9 Å². The molecule has 31 heavy (non-hydrogen) atoms. The van der Waals surface area contributed by atoms with Crippen molar-refractivity contribution in [2.45, 2.75) is 39.0 Å². The van der Waals surface area contributed by atoms with Gasteiger partial charge in [-0.05, 0) is 67.8 Å². The molecule has 164 valence electrons. The number of nitrogens with one attached hydrogen (secondary N) is 1. The highest BCUT2D eigenvalue weighted by atomic mass is 16.5. The van der Waals surface area contributed by atoms with Crippen LogP contribution in [0.25, 0.3) is 0 Å². The number of benzene rings is 2. The van der Waals surface area contributed by atoms with Gasteiger partial charge in [0.05, 0.1) is 12.5 Å². The largest absolute Gasteiger partial charge is 0.494 e. The molecule has 0 radical (unpaired) electrons. The van der Waals surface area contributed by atoms with Crippen molar-refractivity contribution < 1.29 is 14.3 Å². The molecule has 0 aromatic heterocycles. The fraction of sp³-hybridized carbons (Fsp3) is 0.440. The second-order valence-corrected chi connectivity index (χ2v) is 8.33. The molecule has 6 heteroatoms. The third-order valence-electron chi connectivity index (χ3n) is 6.02. The number of carbonyl (C=O) groups excluding carboxylic acids is 2. The molecule has 0 saturated carbocycles. The molecule has 0 aliphatic carbocycles. The molecule has 1 unspecified atom stereocenters. The molecule has 2 saturated heterocycles. The summed E-state index contributed by atoms with van der Waals surface area (Å²) in [5.74, 6) is 0.315. The van der Waals surface area contributed by atoms with E-state index in [0.717, 1.165) is 37.4 Å². The first-order valence-corrected chi connectivity index (χ1v) is 11.3. The molecule has 2 heterocycles. The van der Waals surface area contributed by atoms with Gasteiger partial charge in [-0.3, -0.25) is 9.59 Å². The minimum atomic E-state index is -0.355. The summed E-state index contributed by atoms with van der Waals surface area (Å²) in [4.78, 5) is 29.4. The lowest BCUT2D eigenvalue weighted by atomic mass is 10.1. The smallest absolute Gasteiger partial charge is 0.229 e. The summed E-state index contributed by atoms with van der Waals surface area (Å²) in [6.45, 7) is 5.42. The molecule has 0 spiro atoms.